The Bertz CT molecular complexity index is 754. The van der Waals surface area contributed by atoms with Crippen LogP contribution in [0.25, 0.3) is 0 Å². The molecule has 0 fully saturated rings. The summed E-state index contributed by atoms with van der Waals surface area (Å²) in [5.74, 6) is -0.0459. The fourth-order valence-corrected chi connectivity index (χ4v) is 2.62. The maximum Gasteiger partial charge on any atom is 0.224 e. The molecule has 0 spiro atoms. The summed E-state index contributed by atoms with van der Waals surface area (Å²) in [6.45, 7) is 3.96. The van der Waals surface area contributed by atoms with E-state index in [1.807, 2.05) is 56.3 Å². The third-order valence-corrected chi connectivity index (χ3v) is 4.12. The molecule has 2 aromatic carbocycles. The molecule has 0 radical (unpaired) electrons. The van der Waals surface area contributed by atoms with Gasteiger partial charge < -0.3 is 16.4 Å². The quantitative estimate of drug-likeness (QED) is 0.485. The number of carbonyl (C=O) groups is 2. The van der Waals surface area contributed by atoms with Crippen molar-refractivity contribution in [3.63, 3.8) is 0 Å². The van der Waals surface area contributed by atoms with Crippen LogP contribution in [-0.4, -0.2) is 11.8 Å². The summed E-state index contributed by atoms with van der Waals surface area (Å²) in [6.07, 6.45) is 3.22. The number of nitrogens with two attached hydrogens (primary N) is 1. The molecule has 2 rings (SSSR count). The Balaban J connectivity index is 1.61. The monoisotopic (exact) mass is 353 g/mol. The van der Waals surface area contributed by atoms with Crippen molar-refractivity contribution in [2.45, 2.75) is 46.0 Å². The minimum absolute atomic E-state index is 0.00531. The number of anilines is 3. The largest absolute Gasteiger partial charge is 0.397 e. The highest BCUT2D eigenvalue weighted by Gasteiger charge is 2.06. The number of benzene rings is 2. The number of hydrogen-bond acceptors (Lipinski definition) is 3. The molecular formula is C21H27N3O2. The van der Waals surface area contributed by atoms with Gasteiger partial charge in [-0.15, -0.1) is 0 Å². The summed E-state index contributed by atoms with van der Waals surface area (Å²) in [4.78, 5) is 23.9. The zero-order chi connectivity index (χ0) is 18.9. The maximum atomic E-state index is 12.0. The van der Waals surface area contributed by atoms with Gasteiger partial charge in [0.15, 0.2) is 0 Å². The fourth-order valence-electron chi connectivity index (χ4n) is 2.62. The lowest BCUT2D eigenvalue weighted by molar-refractivity contribution is -0.116. The molecule has 0 aromatic heterocycles. The Morgan fingerprint density at radius 3 is 2.00 bits per heavy atom. The first-order chi connectivity index (χ1) is 12.4. The van der Waals surface area contributed by atoms with Crippen LogP contribution in [0.4, 0.5) is 17.1 Å². The molecule has 0 bridgehead atoms. The Morgan fingerprint density at radius 2 is 1.38 bits per heavy atom. The van der Waals surface area contributed by atoms with E-state index in [0.29, 0.717) is 24.2 Å². The van der Waals surface area contributed by atoms with E-state index in [2.05, 4.69) is 10.6 Å². The van der Waals surface area contributed by atoms with E-state index < -0.39 is 0 Å². The average Bonchev–Trinajstić information content (AvgIpc) is 2.59. The van der Waals surface area contributed by atoms with Gasteiger partial charge in [-0.3, -0.25) is 9.59 Å². The molecule has 0 saturated heterocycles. The van der Waals surface area contributed by atoms with Gasteiger partial charge in [0.2, 0.25) is 11.8 Å². The van der Waals surface area contributed by atoms with Gasteiger partial charge in [0.1, 0.15) is 0 Å². The molecule has 0 atom stereocenters. The maximum absolute atomic E-state index is 12.0. The second kappa shape index (κ2) is 9.61. The lowest BCUT2D eigenvalue weighted by Crippen LogP contribution is -2.13. The molecule has 26 heavy (non-hydrogen) atoms. The molecule has 2 aromatic rings. The summed E-state index contributed by atoms with van der Waals surface area (Å²) < 4.78 is 0. The van der Waals surface area contributed by atoms with E-state index in [0.717, 1.165) is 36.1 Å². The van der Waals surface area contributed by atoms with Gasteiger partial charge in [-0.1, -0.05) is 30.2 Å². The molecule has 138 valence electrons. The molecule has 0 aliphatic carbocycles. The first kappa shape index (κ1) is 19.5. The second-order valence-electron chi connectivity index (χ2n) is 6.61. The lowest BCUT2D eigenvalue weighted by Gasteiger charge is -2.09. The van der Waals surface area contributed by atoms with Gasteiger partial charge in [-0.2, -0.15) is 0 Å². The summed E-state index contributed by atoms with van der Waals surface area (Å²) in [5.41, 5.74) is 10.2. The van der Waals surface area contributed by atoms with Gasteiger partial charge >= 0.3 is 0 Å². The van der Waals surface area contributed by atoms with Crippen molar-refractivity contribution in [3.8, 4) is 0 Å². The standard InChI is InChI=1S/C21H27N3O2/c1-15-8-11-17(12-9-15)23-20(25)6-4-3-5-7-21(26)24-19-13-10-16(2)14-18(19)22/h8-14H,3-7,22H2,1-2H3,(H,23,25)(H,24,26). The Kier molecular flexibility index (Phi) is 7.21. The second-order valence-corrected chi connectivity index (χ2v) is 6.61. The molecular weight excluding hydrogens is 326 g/mol. The summed E-state index contributed by atoms with van der Waals surface area (Å²) in [7, 11) is 0. The molecule has 4 N–H and O–H groups in total. The summed E-state index contributed by atoms with van der Waals surface area (Å²) in [5, 5.41) is 5.71. The molecule has 0 unspecified atom stereocenters. The highest BCUT2D eigenvalue weighted by molar-refractivity contribution is 5.94. The first-order valence-electron chi connectivity index (χ1n) is 8.96. The summed E-state index contributed by atoms with van der Waals surface area (Å²) in [6, 6.07) is 13.3. The Hall–Kier alpha value is -2.82. The molecule has 2 amide bonds. The topological polar surface area (TPSA) is 84.2 Å². The van der Waals surface area contributed by atoms with Crippen LogP contribution in [0.15, 0.2) is 42.5 Å². The van der Waals surface area contributed by atoms with E-state index in [4.69, 9.17) is 5.73 Å². The normalized spacial score (nSPS) is 10.4. The molecule has 5 nitrogen and oxygen atoms in total. The van der Waals surface area contributed by atoms with Gasteiger partial charge in [-0.25, -0.2) is 0 Å². The van der Waals surface area contributed by atoms with E-state index in [1.165, 1.54) is 0 Å². The number of rotatable bonds is 8. The summed E-state index contributed by atoms with van der Waals surface area (Å²) >= 11 is 0. The van der Waals surface area contributed by atoms with E-state index >= 15 is 0 Å². The van der Waals surface area contributed by atoms with Crippen molar-refractivity contribution in [1.29, 1.82) is 0 Å². The SMILES string of the molecule is Cc1ccc(NC(=O)CCCCCC(=O)Nc2ccc(C)cc2N)cc1. The fraction of sp³-hybridized carbons (Fsp3) is 0.333. The van der Waals surface area contributed by atoms with Crippen molar-refractivity contribution in [2.24, 2.45) is 0 Å². The number of nitrogens with one attached hydrogen (secondary N) is 2. The smallest absolute Gasteiger partial charge is 0.224 e. The highest BCUT2D eigenvalue weighted by atomic mass is 16.2. The van der Waals surface area contributed by atoms with Gasteiger partial charge in [0.05, 0.1) is 11.4 Å². The van der Waals surface area contributed by atoms with Crippen molar-refractivity contribution in [2.75, 3.05) is 16.4 Å². The van der Waals surface area contributed by atoms with E-state index in [1.54, 1.807) is 0 Å². The van der Waals surface area contributed by atoms with Crippen LogP contribution in [0.1, 0.15) is 43.2 Å². The van der Waals surface area contributed by atoms with Crippen LogP contribution in [0.3, 0.4) is 0 Å². The number of aryl methyl sites for hydroxylation is 2. The van der Waals surface area contributed by atoms with Crippen LogP contribution < -0.4 is 16.4 Å². The highest BCUT2D eigenvalue weighted by Crippen LogP contribution is 2.20. The van der Waals surface area contributed by atoms with Crippen molar-refractivity contribution >= 4 is 28.9 Å². The zero-order valence-corrected chi connectivity index (χ0v) is 15.5. The number of amides is 2. The zero-order valence-electron chi connectivity index (χ0n) is 15.5. The molecule has 0 heterocycles. The number of nitrogen functional groups attached to an aromatic ring is 1. The number of unbranched alkanes of at least 4 members (excludes halogenated alkanes) is 2. The minimum atomic E-state index is -0.0512. The van der Waals surface area contributed by atoms with Gasteiger partial charge in [0.25, 0.3) is 0 Å². The van der Waals surface area contributed by atoms with Crippen molar-refractivity contribution in [3.05, 3.63) is 53.6 Å². The van der Waals surface area contributed by atoms with Crippen molar-refractivity contribution < 1.29 is 9.59 Å². The van der Waals surface area contributed by atoms with Crippen LogP contribution >= 0.6 is 0 Å². The van der Waals surface area contributed by atoms with Crippen molar-refractivity contribution in [1.82, 2.24) is 0 Å². The predicted molar refractivity (Wildman–Crippen MR) is 107 cm³/mol. The molecule has 5 heteroatoms. The van der Waals surface area contributed by atoms with E-state index in [-0.39, 0.29) is 11.8 Å². The Morgan fingerprint density at radius 1 is 0.808 bits per heavy atom. The third-order valence-electron chi connectivity index (χ3n) is 4.12. The number of carbonyl (C=O) groups excluding carboxylic acids is 2. The predicted octanol–water partition coefficient (Wildman–Crippen LogP) is 4.41. The van der Waals surface area contributed by atoms with Crippen LogP contribution in [-0.2, 0) is 9.59 Å². The van der Waals surface area contributed by atoms with Crippen LogP contribution in [0, 0.1) is 13.8 Å². The lowest BCUT2D eigenvalue weighted by atomic mass is 10.1. The molecule has 0 saturated carbocycles. The minimum Gasteiger partial charge on any atom is -0.397 e. The van der Waals surface area contributed by atoms with Crippen LogP contribution in [0.2, 0.25) is 0 Å². The van der Waals surface area contributed by atoms with Gasteiger partial charge in [-0.05, 0) is 56.5 Å². The molecule has 0 aliphatic heterocycles. The molecule has 0 aliphatic rings. The van der Waals surface area contributed by atoms with Crippen LogP contribution in [0.5, 0.6) is 0 Å². The Labute approximate surface area is 155 Å². The third kappa shape index (κ3) is 6.59. The number of hydrogen-bond donors (Lipinski definition) is 3. The average molecular weight is 353 g/mol. The first-order valence-corrected chi connectivity index (χ1v) is 8.96. The van der Waals surface area contributed by atoms with Gasteiger partial charge in [0, 0.05) is 18.5 Å². The van der Waals surface area contributed by atoms with E-state index in [9.17, 15) is 9.59 Å².